The highest BCUT2D eigenvalue weighted by atomic mass is 16.5. The predicted molar refractivity (Wildman–Crippen MR) is 133 cm³/mol. The van der Waals surface area contributed by atoms with E-state index in [1.54, 1.807) is 31.2 Å². The number of nitrogens with zero attached hydrogens (tertiary/aromatic N) is 3. The van der Waals surface area contributed by atoms with Gasteiger partial charge in [-0.05, 0) is 37.3 Å². The third-order valence-electron chi connectivity index (χ3n) is 6.82. The third-order valence-corrected chi connectivity index (χ3v) is 6.82. The second-order valence-electron chi connectivity index (χ2n) is 8.87. The highest BCUT2D eigenvalue weighted by molar-refractivity contribution is 6.03. The number of benzene rings is 3. The van der Waals surface area contributed by atoms with E-state index in [2.05, 4.69) is 10.1 Å². The van der Waals surface area contributed by atoms with E-state index >= 15 is 0 Å². The molecule has 3 heterocycles. The summed E-state index contributed by atoms with van der Waals surface area (Å²) in [5.41, 5.74) is 1.76. The van der Waals surface area contributed by atoms with E-state index < -0.39 is 11.4 Å². The summed E-state index contributed by atoms with van der Waals surface area (Å²) in [4.78, 5) is 18.0. The van der Waals surface area contributed by atoms with Crippen LogP contribution in [-0.2, 0) is 12.1 Å². The summed E-state index contributed by atoms with van der Waals surface area (Å²) >= 11 is 0. The fourth-order valence-corrected chi connectivity index (χ4v) is 5.11. The summed E-state index contributed by atoms with van der Waals surface area (Å²) in [6.07, 6.45) is 2.77. The van der Waals surface area contributed by atoms with Gasteiger partial charge in [0.25, 0.3) is 5.91 Å². The van der Waals surface area contributed by atoms with Gasteiger partial charge in [-0.25, -0.2) is 5.01 Å². The third kappa shape index (κ3) is 3.11. The Morgan fingerprint density at radius 3 is 2.27 bits per heavy atom. The van der Waals surface area contributed by atoms with Gasteiger partial charge in [0.15, 0.2) is 0 Å². The number of hydrogen-bond acceptors (Lipinski definition) is 8. The van der Waals surface area contributed by atoms with E-state index in [0.29, 0.717) is 45.0 Å². The fraction of sp³-hybridized carbons (Fsp3) is 0.107. The summed E-state index contributed by atoms with van der Waals surface area (Å²) in [6.45, 7) is 1.23. The minimum Gasteiger partial charge on any atom is -0.508 e. The highest BCUT2D eigenvalue weighted by Gasteiger charge is 2.57. The number of phenolic OH excluding ortho intramolecular Hbond substituents is 2. The number of rotatable bonds is 3. The number of aliphatic hydroxyl groups excluding tert-OH is 1. The molecule has 9 nitrogen and oxygen atoms in total. The second-order valence-corrected chi connectivity index (χ2v) is 8.87. The van der Waals surface area contributed by atoms with Crippen LogP contribution in [0.15, 0.2) is 72.0 Å². The number of amides is 1. The van der Waals surface area contributed by atoms with Crippen LogP contribution in [0.25, 0.3) is 0 Å². The minimum atomic E-state index is -1.31. The molecule has 0 radical (unpaired) electrons. The molecule has 0 atom stereocenters. The molecule has 9 heteroatoms. The number of hydrogen-bond donors (Lipinski definition) is 4. The SMILES string of the molecule is Cc1ncc(CO)c(/C=N/N2C(=O)c3ccccc3C23c2ccc(O)cc2Oc2cc(O)ccc23)c1O. The van der Waals surface area contributed by atoms with E-state index in [9.17, 15) is 25.2 Å². The van der Waals surface area contributed by atoms with Crippen LogP contribution in [0, 0.1) is 6.92 Å². The maximum Gasteiger partial charge on any atom is 0.275 e. The molecule has 1 aromatic heterocycles. The molecule has 1 spiro atoms. The summed E-state index contributed by atoms with van der Waals surface area (Å²) in [6, 6.07) is 16.4. The molecule has 4 N–H and O–H groups in total. The Morgan fingerprint density at radius 1 is 0.973 bits per heavy atom. The van der Waals surface area contributed by atoms with Gasteiger partial charge < -0.3 is 25.2 Å². The number of hydrazone groups is 1. The van der Waals surface area contributed by atoms with Crippen molar-refractivity contribution in [1.29, 1.82) is 0 Å². The molecule has 0 saturated carbocycles. The van der Waals surface area contributed by atoms with Crippen molar-refractivity contribution in [2.45, 2.75) is 19.1 Å². The molecule has 4 aromatic rings. The first kappa shape index (κ1) is 22.6. The lowest BCUT2D eigenvalue weighted by molar-refractivity contribution is 0.0675. The van der Waals surface area contributed by atoms with Gasteiger partial charge in [-0.15, -0.1) is 0 Å². The fourth-order valence-electron chi connectivity index (χ4n) is 5.11. The number of phenols is 2. The number of aromatic nitrogens is 1. The Bertz CT molecular complexity index is 1580. The smallest absolute Gasteiger partial charge is 0.275 e. The number of fused-ring (bicyclic) bond motifs is 6. The zero-order valence-electron chi connectivity index (χ0n) is 19.6. The topological polar surface area (TPSA) is 136 Å². The number of ether oxygens (including phenoxy) is 1. The number of carbonyl (C=O) groups is 1. The molecule has 0 bridgehead atoms. The Kier molecular flexibility index (Phi) is 4.92. The molecule has 0 unspecified atom stereocenters. The normalized spacial score (nSPS) is 15.0. The molecule has 3 aromatic carbocycles. The number of pyridine rings is 1. The molecule has 1 amide bonds. The molecule has 0 aliphatic carbocycles. The molecule has 37 heavy (non-hydrogen) atoms. The van der Waals surface area contributed by atoms with Gasteiger partial charge in [0.1, 0.15) is 34.3 Å². The average molecular weight is 495 g/mol. The standard InChI is InChI=1S/C28H21N3O6/c1-15-26(35)20(16(14-32)12-29-15)13-30-31-27(36)19-4-2-3-5-21(19)28(31)22-8-6-17(33)10-24(22)37-25-11-18(34)7-9-23(25)28/h2-13,32-35H,14H2,1H3/b30-13+. The van der Waals surface area contributed by atoms with Crippen molar-refractivity contribution in [2.75, 3.05) is 0 Å². The molecule has 6 rings (SSSR count). The number of aryl methyl sites for hydroxylation is 1. The Hall–Kier alpha value is -4.89. The van der Waals surface area contributed by atoms with E-state index in [0.717, 1.165) is 0 Å². The van der Waals surface area contributed by atoms with Gasteiger partial charge in [-0.2, -0.15) is 5.10 Å². The average Bonchev–Trinajstić information content (AvgIpc) is 3.13. The lowest BCUT2D eigenvalue weighted by Gasteiger charge is -2.41. The monoisotopic (exact) mass is 495 g/mol. The van der Waals surface area contributed by atoms with Crippen molar-refractivity contribution in [2.24, 2.45) is 5.10 Å². The minimum absolute atomic E-state index is 0.0325. The van der Waals surface area contributed by atoms with Crippen LogP contribution >= 0.6 is 0 Å². The van der Waals surface area contributed by atoms with E-state index in [1.165, 1.54) is 41.7 Å². The molecular formula is C28H21N3O6. The van der Waals surface area contributed by atoms with Crippen molar-refractivity contribution in [3.05, 3.63) is 106 Å². The van der Waals surface area contributed by atoms with Crippen molar-refractivity contribution < 1.29 is 30.0 Å². The van der Waals surface area contributed by atoms with E-state index in [4.69, 9.17) is 4.74 Å². The first-order valence-corrected chi connectivity index (χ1v) is 11.5. The van der Waals surface area contributed by atoms with Gasteiger partial charge in [0.2, 0.25) is 0 Å². The molecular weight excluding hydrogens is 474 g/mol. The Labute approximate surface area is 211 Å². The maximum atomic E-state index is 13.9. The van der Waals surface area contributed by atoms with Gasteiger partial charge in [0, 0.05) is 51.7 Å². The second kappa shape index (κ2) is 8.07. The Balaban J connectivity index is 1.67. The van der Waals surface area contributed by atoms with Crippen molar-refractivity contribution in [3.63, 3.8) is 0 Å². The van der Waals surface area contributed by atoms with Crippen LogP contribution in [-0.4, -0.2) is 42.5 Å². The maximum absolute atomic E-state index is 13.9. The van der Waals surface area contributed by atoms with Crippen LogP contribution in [0.5, 0.6) is 28.7 Å². The first-order chi connectivity index (χ1) is 17.9. The number of aromatic hydroxyl groups is 3. The molecule has 0 fully saturated rings. The van der Waals surface area contributed by atoms with Crippen LogP contribution in [0.3, 0.4) is 0 Å². The van der Waals surface area contributed by atoms with Crippen molar-refractivity contribution >= 4 is 12.1 Å². The molecule has 2 aliphatic heterocycles. The van der Waals surface area contributed by atoms with Crippen molar-refractivity contribution in [3.8, 4) is 28.7 Å². The number of carbonyl (C=O) groups excluding carboxylic acids is 1. The zero-order chi connectivity index (χ0) is 25.9. The zero-order valence-corrected chi connectivity index (χ0v) is 19.6. The van der Waals surface area contributed by atoms with E-state index in [1.807, 2.05) is 12.1 Å². The quantitative estimate of drug-likeness (QED) is 0.317. The van der Waals surface area contributed by atoms with E-state index in [-0.39, 0.29) is 29.4 Å². The van der Waals surface area contributed by atoms with Gasteiger partial charge in [-0.3, -0.25) is 9.78 Å². The van der Waals surface area contributed by atoms with Crippen LogP contribution < -0.4 is 4.74 Å². The molecule has 2 aliphatic rings. The lowest BCUT2D eigenvalue weighted by atomic mass is 9.75. The molecule has 0 saturated heterocycles. The van der Waals surface area contributed by atoms with Gasteiger partial charge in [-0.1, -0.05) is 18.2 Å². The lowest BCUT2D eigenvalue weighted by Crippen LogP contribution is -2.44. The van der Waals surface area contributed by atoms with Crippen LogP contribution in [0.4, 0.5) is 0 Å². The van der Waals surface area contributed by atoms with Crippen molar-refractivity contribution in [1.82, 2.24) is 9.99 Å². The summed E-state index contributed by atoms with van der Waals surface area (Å²) in [7, 11) is 0. The number of aliphatic hydroxyl groups is 1. The van der Waals surface area contributed by atoms with Gasteiger partial charge in [0.05, 0.1) is 18.5 Å². The molecule has 184 valence electrons. The largest absolute Gasteiger partial charge is 0.508 e. The summed E-state index contributed by atoms with van der Waals surface area (Å²) < 4.78 is 6.07. The first-order valence-electron chi connectivity index (χ1n) is 11.5. The highest BCUT2D eigenvalue weighted by Crippen LogP contribution is 2.58. The predicted octanol–water partition coefficient (Wildman–Crippen LogP) is 3.89. The van der Waals surface area contributed by atoms with Crippen LogP contribution in [0.1, 0.15) is 43.9 Å². The van der Waals surface area contributed by atoms with Crippen LogP contribution in [0.2, 0.25) is 0 Å². The Morgan fingerprint density at radius 2 is 1.62 bits per heavy atom. The summed E-state index contributed by atoms with van der Waals surface area (Å²) in [5, 5.41) is 46.8. The summed E-state index contributed by atoms with van der Waals surface area (Å²) in [5.74, 6) is -0.0356. The van der Waals surface area contributed by atoms with Gasteiger partial charge >= 0.3 is 0 Å².